The zero-order valence-corrected chi connectivity index (χ0v) is 13.3. The van der Waals surface area contributed by atoms with Gasteiger partial charge in [0.1, 0.15) is 5.54 Å². The molecule has 0 heterocycles. The van der Waals surface area contributed by atoms with Gasteiger partial charge in [-0.15, -0.1) is 0 Å². The molecule has 0 saturated heterocycles. The van der Waals surface area contributed by atoms with Crippen LogP contribution in [0.4, 0.5) is 0 Å². The molecule has 0 aliphatic carbocycles. The Bertz CT molecular complexity index is 249. The monoisotopic (exact) mass is 272 g/mol. The molecule has 0 fully saturated rings. The van der Waals surface area contributed by atoms with E-state index in [1.165, 1.54) is 0 Å². The topological polar surface area (TPSA) is 52.6 Å². The SMILES string of the molecule is CCCCN(CCCC)CC(C)(NC(C)C)C(=O)O. The Morgan fingerprint density at radius 2 is 1.68 bits per heavy atom. The van der Waals surface area contributed by atoms with Crippen LogP contribution in [0, 0.1) is 0 Å². The molecule has 4 heteroatoms. The van der Waals surface area contributed by atoms with Crippen LogP contribution in [0.15, 0.2) is 0 Å². The van der Waals surface area contributed by atoms with Gasteiger partial charge in [-0.2, -0.15) is 0 Å². The van der Waals surface area contributed by atoms with Gasteiger partial charge in [0.15, 0.2) is 0 Å². The van der Waals surface area contributed by atoms with E-state index >= 15 is 0 Å². The van der Waals surface area contributed by atoms with Crippen LogP contribution in [0.5, 0.6) is 0 Å². The van der Waals surface area contributed by atoms with Crippen LogP contribution in [-0.2, 0) is 4.79 Å². The summed E-state index contributed by atoms with van der Waals surface area (Å²) in [6, 6.07) is 0.167. The summed E-state index contributed by atoms with van der Waals surface area (Å²) < 4.78 is 0. The molecule has 4 nitrogen and oxygen atoms in total. The number of rotatable bonds is 11. The van der Waals surface area contributed by atoms with Crippen LogP contribution in [0.1, 0.15) is 60.3 Å². The summed E-state index contributed by atoms with van der Waals surface area (Å²) in [5.41, 5.74) is -0.865. The fourth-order valence-corrected chi connectivity index (χ4v) is 2.29. The first-order valence-electron chi connectivity index (χ1n) is 7.59. The van der Waals surface area contributed by atoms with Crippen LogP contribution >= 0.6 is 0 Å². The van der Waals surface area contributed by atoms with Gasteiger partial charge in [-0.25, -0.2) is 0 Å². The van der Waals surface area contributed by atoms with Crippen LogP contribution in [0.25, 0.3) is 0 Å². The van der Waals surface area contributed by atoms with E-state index in [0.717, 1.165) is 38.8 Å². The molecular formula is C15H32N2O2. The highest BCUT2D eigenvalue weighted by molar-refractivity contribution is 5.78. The molecule has 19 heavy (non-hydrogen) atoms. The number of nitrogens with one attached hydrogen (secondary N) is 1. The van der Waals surface area contributed by atoms with Crippen LogP contribution in [0.3, 0.4) is 0 Å². The number of unbranched alkanes of at least 4 members (excludes halogenated alkanes) is 2. The van der Waals surface area contributed by atoms with Gasteiger partial charge in [-0.3, -0.25) is 10.1 Å². The smallest absolute Gasteiger partial charge is 0.324 e. The van der Waals surface area contributed by atoms with Crippen LogP contribution < -0.4 is 5.32 Å². The molecule has 2 N–H and O–H groups in total. The van der Waals surface area contributed by atoms with Gasteiger partial charge in [0.05, 0.1) is 0 Å². The molecule has 0 bridgehead atoms. The zero-order valence-electron chi connectivity index (χ0n) is 13.3. The average Bonchev–Trinajstić information content (AvgIpc) is 2.31. The number of hydrogen-bond donors (Lipinski definition) is 2. The molecule has 0 aliphatic rings. The Morgan fingerprint density at radius 3 is 2.00 bits per heavy atom. The fourth-order valence-electron chi connectivity index (χ4n) is 2.29. The van der Waals surface area contributed by atoms with Crippen molar-refractivity contribution in [3.63, 3.8) is 0 Å². The molecule has 0 aliphatic heterocycles. The van der Waals surface area contributed by atoms with Gasteiger partial charge in [-0.05, 0) is 46.7 Å². The van der Waals surface area contributed by atoms with E-state index in [2.05, 4.69) is 24.1 Å². The normalized spacial score (nSPS) is 14.9. The average molecular weight is 272 g/mol. The Kier molecular flexibility index (Phi) is 9.02. The lowest BCUT2D eigenvalue weighted by Gasteiger charge is -2.34. The number of hydrogen-bond acceptors (Lipinski definition) is 3. The van der Waals surface area contributed by atoms with Crippen molar-refractivity contribution in [2.75, 3.05) is 19.6 Å². The second kappa shape index (κ2) is 9.32. The molecule has 0 aromatic rings. The molecule has 1 atom stereocenters. The standard InChI is InChI=1S/C15H32N2O2/c1-6-8-10-17(11-9-7-2)12-15(5,14(18)19)16-13(3)4/h13,16H,6-12H2,1-5H3,(H,18,19). The van der Waals surface area contributed by atoms with Gasteiger partial charge in [0.25, 0.3) is 0 Å². The van der Waals surface area contributed by atoms with E-state index in [1.807, 2.05) is 13.8 Å². The maximum absolute atomic E-state index is 11.6. The predicted molar refractivity (Wildman–Crippen MR) is 80.6 cm³/mol. The minimum Gasteiger partial charge on any atom is -0.480 e. The molecular weight excluding hydrogens is 240 g/mol. The summed E-state index contributed by atoms with van der Waals surface area (Å²) in [6.07, 6.45) is 4.54. The maximum atomic E-state index is 11.6. The third kappa shape index (κ3) is 7.53. The van der Waals surface area contributed by atoms with Crippen molar-refractivity contribution in [3.8, 4) is 0 Å². The Labute approximate surface area is 118 Å². The van der Waals surface area contributed by atoms with E-state index in [0.29, 0.717) is 6.54 Å². The summed E-state index contributed by atoms with van der Waals surface area (Å²) in [7, 11) is 0. The molecule has 0 aromatic carbocycles. The van der Waals surface area contributed by atoms with E-state index in [9.17, 15) is 9.90 Å². The highest BCUT2D eigenvalue weighted by Crippen LogP contribution is 2.11. The molecule has 0 saturated carbocycles. The zero-order chi connectivity index (χ0) is 14.9. The Morgan fingerprint density at radius 1 is 1.21 bits per heavy atom. The third-order valence-corrected chi connectivity index (χ3v) is 3.27. The molecule has 0 spiro atoms. The Balaban J connectivity index is 4.66. The minimum absolute atomic E-state index is 0.167. The molecule has 0 radical (unpaired) electrons. The van der Waals surface area contributed by atoms with Crippen molar-refractivity contribution < 1.29 is 9.90 Å². The summed E-state index contributed by atoms with van der Waals surface area (Å²) in [4.78, 5) is 13.8. The lowest BCUT2D eigenvalue weighted by Crippen LogP contribution is -2.59. The second-order valence-electron chi connectivity index (χ2n) is 5.92. The molecule has 1 unspecified atom stereocenters. The van der Waals surface area contributed by atoms with Crippen molar-refractivity contribution >= 4 is 5.97 Å². The Hall–Kier alpha value is -0.610. The van der Waals surface area contributed by atoms with Gasteiger partial charge < -0.3 is 10.0 Å². The van der Waals surface area contributed by atoms with Gasteiger partial charge in [0.2, 0.25) is 0 Å². The summed E-state index contributed by atoms with van der Waals surface area (Å²) >= 11 is 0. The van der Waals surface area contributed by atoms with Crippen LogP contribution in [-0.4, -0.2) is 47.2 Å². The third-order valence-electron chi connectivity index (χ3n) is 3.27. The van der Waals surface area contributed by atoms with Crippen molar-refractivity contribution in [1.29, 1.82) is 0 Å². The van der Waals surface area contributed by atoms with Gasteiger partial charge >= 0.3 is 5.97 Å². The van der Waals surface area contributed by atoms with Crippen molar-refractivity contribution in [3.05, 3.63) is 0 Å². The molecule has 114 valence electrons. The van der Waals surface area contributed by atoms with E-state index in [4.69, 9.17) is 0 Å². The highest BCUT2D eigenvalue weighted by Gasteiger charge is 2.35. The lowest BCUT2D eigenvalue weighted by atomic mass is 10.00. The minimum atomic E-state index is -0.865. The first kappa shape index (κ1) is 18.4. The maximum Gasteiger partial charge on any atom is 0.324 e. The van der Waals surface area contributed by atoms with Gasteiger partial charge in [0, 0.05) is 12.6 Å². The second-order valence-corrected chi connectivity index (χ2v) is 5.92. The summed E-state index contributed by atoms with van der Waals surface area (Å²) in [5, 5.41) is 12.7. The largest absolute Gasteiger partial charge is 0.480 e. The van der Waals surface area contributed by atoms with E-state index < -0.39 is 11.5 Å². The predicted octanol–water partition coefficient (Wildman–Crippen LogP) is 2.73. The first-order chi connectivity index (χ1) is 8.85. The summed E-state index contributed by atoms with van der Waals surface area (Å²) in [5.74, 6) is -0.765. The fraction of sp³-hybridized carbons (Fsp3) is 0.933. The molecule has 0 aromatic heterocycles. The van der Waals surface area contributed by atoms with E-state index in [-0.39, 0.29) is 6.04 Å². The number of nitrogens with zero attached hydrogens (tertiary/aromatic N) is 1. The number of aliphatic carboxylic acids is 1. The summed E-state index contributed by atoms with van der Waals surface area (Å²) in [6.45, 7) is 12.6. The van der Waals surface area contributed by atoms with Crippen LogP contribution in [0.2, 0.25) is 0 Å². The molecule has 0 rings (SSSR count). The number of carboxylic acids is 1. The van der Waals surface area contributed by atoms with Crippen molar-refractivity contribution in [2.45, 2.75) is 71.9 Å². The number of carbonyl (C=O) groups is 1. The van der Waals surface area contributed by atoms with Crippen molar-refractivity contribution in [1.82, 2.24) is 10.2 Å². The van der Waals surface area contributed by atoms with Gasteiger partial charge in [-0.1, -0.05) is 26.7 Å². The lowest BCUT2D eigenvalue weighted by molar-refractivity contribution is -0.145. The number of carboxylic acid groups (broad SMARTS) is 1. The molecule has 0 amide bonds. The van der Waals surface area contributed by atoms with Crippen molar-refractivity contribution in [2.24, 2.45) is 0 Å². The quantitative estimate of drug-likeness (QED) is 0.607. The van der Waals surface area contributed by atoms with E-state index in [1.54, 1.807) is 6.92 Å². The first-order valence-corrected chi connectivity index (χ1v) is 7.59. The highest BCUT2D eigenvalue weighted by atomic mass is 16.4.